The van der Waals surface area contributed by atoms with E-state index in [1.165, 1.54) is 16.3 Å². The molecule has 0 radical (unpaired) electrons. The fraction of sp³-hybridized carbons (Fsp3) is 0.200. The van der Waals surface area contributed by atoms with Crippen molar-refractivity contribution < 1.29 is 0 Å². The van der Waals surface area contributed by atoms with E-state index in [1.807, 2.05) is 25.1 Å². The summed E-state index contributed by atoms with van der Waals surface area (Å²) in [5, 5.41) is 4.12. The molecule has 0 aliphatic carbocycles. The topological polar surface area (TPSA) is 60.4 Å². The van der Waals surface area contributed by atoms with E-state index in [-0.39, 0.29) is 5.56 Å². The molecule has 2 N–H and O–H groups in total. The molecule has 0 aliphatic rings. The predicted molar refractivity (Wildman–Crippen MR) is 78.5 cm³/mol. The molecule has 1 aromatic carbocycles. The highest BCUT2D eigenvalue weighted by Gasteiger charge is 1.99. The smallest absolute Gasteiger partial charge is 0.273 e. The number of hydrogen-bond donors (Lipinski definition) is 1. The Morgan fingerprint density at radius 2 is 2.00 bits per heavy atom. The average molecular weight is 255 g/mol. The van der Waals surface area contributed by atoms with Crippen molar-refractivity contribution in [3.63, 3.8) is 0 Å². The van der Waals surface area contributed by atoms with Crippen LogP contribution in [0.2, 0.25) is 0 Å². The van der Waals surface area contributed by atoms with Crippen LogP contribution in [0.3, 0.4) is 0 Å². The number of aromatic nitrogens is 1. The Labute approximate surface area is 112 Å². The van der Waals surface area contributed by atoms with Gasteiger partial charge in [-0.1, -0.05) is 30.3 Å². The molecule has 2 rings (SSSR count). The fourth-order valence-corrected chi connectivity index (χ4v) is 1.86. The molecule has 0 bridgehead atoms. The van der Waals surface area contributed by atoms with Gasteiger partial charge in [-0.25, -0.2) is 0 Å². The van der Waals surface area contributed by atoms with Crippen LogP contribution in [0.25, 0.3) is 0 Å². The third kappa shape index (κ3) is 3.55. The first-order valence-electron chi connectivity index (χ1n) is 6.23. The summed E-state index contributed by atoms with van der Waals surface area (Å²) >= 11 is 0. The number of hydrogen-bond acceptors (Lipinski definition) is 3. The second-order valence-electron chi connectivity index (χ2n) is 4.43. The highest BCUT2D eigenvalue weighted by atomic mass is 16.1. The van der Waals surface area contributed by atoms with Crippen LogP contribution in [0.15, 0.2) is 52.4 Å². The highest BCUT2D eigenvalue weighted by molar-refractivity contribution is 5.58. The number of nitrogens with zero attached hydrogens (tertiary/aromatic N) is 2. The van der Waals surface area contributed by atoms with Crippen LogP contribution >= 0.6 is 0 Å². The van der Waals surface area contributed by atoms with E-state index in [9.17, 15) is 4.79 Å². The van der Waals surface area contributed by atoms with Crippen molar-refractivity contribution in [1.82, 2.24) is 4.68 Å². The lowest BCUT2D eigenvalue weighted by Crippen LogP contribution is -2.19. The van der Waals surface area contributed by atoms with Crippen molar-refractivity contribution >= 4 is 12.0 Å². The van der Waals surface area contributed by atoms with Crippen molar-refractivity contribution in [2.45, 2.75) is 19.8 Å². The van der Waals surface area contributed by atoms with Crippen molar-refractivity contribution in [2.75, 3.05) is 5.73 Å². The number of anilines is 1. The maximum absolute atomic E-state index is 11.7. The molecule has 4 nitrogen and oxygen atoms in total. The van der Waals surface area contributed by atoms with E-state index in [2.05, 4.69) is 17.2 Å². The van der Waals surface area contributed by atoms with Gasteiger partial charge >= 0.3 is 0 Å². The maximum Gasteiger partial charge on any atom is 0.273 e. The minimum atomic E-state index is -0.200. The predicted octanol–water partition coefficient (Wildman–Crippen LogP) is 2.21. The molecule has 2 aromatic rings. The Bertz CT molecular complexity index is 630. The van der Waals surface area contributed by atoms with E-state index >= 15 is 0 Å². The summed E-state index contributed by atoms with van der Waals surface area (Å²) in [4.78, 5) is 11.7. The Hall–Kier alpha value is -2.36. The maximum atomic E-state index is 11.7. The molecule has 0 amide bonds. The van der Waals surface area contributed by atoms with Gasteiger partial charge in [-0.15, -0.1) is 0 Å². The Morgan fingerprint density at radius 3 is 2.68 bits per heavy atom. The van der Waals surface area contributed by atoms with E-state index in [0.29, 0.717) is 5.82 Å². The van der Waals surface area contributed by atoms with Gasteiger partial charge in [0, 0.05) is 12.3 Å². The van der Waals surface area contributed by atoms with Crippen LogP contribution in [0.5, 0.6) is 0 Å². The van der Waals surface area contributed by atoms with Crippen LogP contribution in [-0.4, -0.2) is 10.9 Å². The summed E-state index contributed by atoms with van der Waals surface area (Å²) in [6, 6.07) is 13.4. The number of benzene rings is 1. The zero-order valence-corrected chi connectivity index (χ0v) is 10.9. The van der Waals surface area contributed by atoms with Crippen molar-refractivity contribution in [1.29, 1.82) is 0 Å². The largest absolute Gasteiger partial charge is 0.384 e. The lowest BCUT2D eigenvalue weighted by molar-refractivity contribution is 0.835. The van der Waals surface area contributed by atoms with Crippen molar-refractivity contribution in [3.8, 4) is 0 Å². The summed E-state index contributed by atoms with van der Waals surface area (Å²) in [6.07, 6.45) is 3.38. The lowest BCUT2D eigenvalue weighted by Gasteiger charge is -2.03. The van der Waals surface area contributed by atoms with Gasteiger partial charge in [-0.05, 0) is 37.0 Å². The SMILES string of the molecule is Cc1cc(N)n(/N=C\CCc2ccccc2)c(=O)c1. The van der Waals surface area contributed by atoms with Crippen LogP contribution in [-0.2, 0) is 6.42 Å². The van der Waals surface area contributed by atoms with E-state index < -0.39 is 0 Å². The van der Waals surface area contributed by atoms with E-state index in [4.69, 9.17) is 5.73 Å². The van der Waals surface area contributed by atoms with E-state index in [0.717, 1.165) is 18.4 Å². The number of nitrogen functional groups attached to an aromatic ring is 1. The first-order chi connectivity index (χ1) is 9.16. The standard InChI is InChI=1S/C15H17N3O/c1-12-10-14(16)18(15(19)11-12)17-9-5-8-13-6-3-2-4-7-13/h2-4,6-7,9-11H,5,8,16H2,1H3/b17-9-. The van der Waals surface area contributed by atoms with Crippen molar-refractivity contribution in [3.05, 3.63) is 63.9 Å². The van der Waals surface area contributed by atoms with Crippen LogP contribution < -0.4 is 11.3 Å². The van der Waals surface area contributed by atoms with Crippen LogP contribution in [0.4, 0.5) is 5.82 Å². The molecule has 98 valence electrons. The third-order valence-electron chi connectivity index (χ3n) is 2.78. The molecule has 0 aliphatic heterocycles. The normalized spacial score (nSPS) is 11.0. The van der Waals surface area contributed by atoms with Gasteiger partial charge in [-0.3, -0.25) is 4.79 Å². The molecular formula is C15H17N3O. The average Bonchev–Trinajstić information content (AvgIpc) is 2.38. The third-order valence-corrected chi connectivity index (χ3v) is 2.78. The van der Waals surface area contributed by atoms with Crippen molar-refractivity contribution in [2.24, 2.45) is 5.10 Å². The molecule has 0 atom stereocenters. The Morgan fingerprint density at radius 1 is 1.26 bits per heavy atom. The van der Waals surface area contributed by atoms with Gasteiger partial charge in [0.2, 0.25) is 0 Å². The molecule has 0 saturated heterocycles. The molecule has 0 spiro atoms. The quantitative estimate of drug-likeness (QED) is 0.851. The summed E-state index contributed by atoms with van der Waals surface area (Å²) in [7, 11) is 0. The highest BCUT2D eigenvalue weighted by Crippen LogP contribution is 2.03. The molecule has 1 aromatic heterocycles. The minimum Gasteiger partial charge on any atom is -0.384 e. The molecule has 4 heteroatoms. The van der Waals surface area contributed by atoms with E-state index in [1.54, 1.807) is 12.3 Å². The molecule has 19 heavy (non-hydrogen) atoms. The molecule has 0 fully saturated rings. The zero-order chi connectivity index (χ0) is 13.7. The van der Waals surface area contributed by atoms with Gasteiger partial charge < -0.3 is 5.73 Å². The molecule has 0 unspecified atom stereocenters. The van der Waals surface area contributed by atoms with Gasteiger partial charge in [0.1, 0.15) is 5.82 Å². The summed E-state index contributed by atoms with van der Waals surface area (Å²) in [5.74, 6) is 0.362. The van der Waals surface area contributed by atoms with Gasteiger partial charge in [0.05, 0.1) is 0 Å². The molecular weight excluding hydrogens is 238 g/mol. The Kier molecular flexibility index (Phi) is 4.13. The minimum absolute atomic E-state index is 0.200. The zero-order valence-electron chi connectivity index (χ0n) is 10.9. The summed E-state index contributed by atoms with van der Waals surface area (Å²) < 4.78 is 1.22. The first-order valence-corrected chi connectivity index (χ1v) is 6.23. The van der Waals surface area contributed by atoms with Gasteiger partial charge in [0.15, 0.2) is 0 Å². The number of pyridine rings is 1. The first kappa shape index (κ1) is 13.1. The number of aryl methyl sites for hydroxylation is 2. The Balaban J connectivity index is 2.02. The van der Waals surface area contributed by atoms with Crippen LogP contribution in [0.1, 0.15) is 17.5 Å². The summed E-state index contributed by atoms with van der Waals surface area (Å²) in [5.41, 5.74) is 7.66. The van der Waals surface area contributed by atoms with Gasteiger partial charge in [-0.2, -0.15) is 9.78 Å². The van der Waals surface area contributed by atoms with Gasteiger partial charge in [0.25, 0.3) is 5.56 Å². The second kappa shape index (κ2) is 6.00. The fourth-order valence-electron chi connectivity index (χ4n) is 1.86. The number of nitrogens with two attached hydrogens (primary N) is 1. The summed E-state index contributed by atoms with van der Waals surface area (Å²) in [6.45, 7) is 1.83. The van der Waals surface area contributed by atoms with Crippen LogP contribution in [0, 0.1) is 6.92 Å². The monoisotopic (exact) mass is 255 g/mol. The second-order valence-corrected chi connectivity index (χ2v) is 4.43. The molecule has 1 heterocycles. The molecule has 0 saturated carbocycles. The number of rotatable bonds is 4. The lowest BCUT2D eigenvalue weighted by atomic mass is 10.1.